The Morgan fingerprint density at radius 1 is 1.29 bits per heavy atom. The number of hydrazone groups is 1. The van der Waals surface area contributed by atoms with Gasteiger partial charge in [0.1, 0.15) is 0 Å². The van der Waals surface area contributed by atoms with Gasteiger partial charge >= 0.3 is 0 Å². The average Bonchev–Trinajstić information content (AvgIpc) is 3.03. The van der Waals surface area contributed by atoms with Gasteiger partial charge in [-0.3, -0.25) is 4.79 Å². The highest BCUT2D eigenvalue weighted by atomic mass is 35.5. The van der Waals surface area contributed by atoms with Crippen molar-refractivity contribution in [2.24, 2.45) is 5.10 Å². The first-order valence-electron chi connectivity index (χ1n) is 7.33. The minimum absolute atomic E-state index is 0.127. The number of hydrogen-bond donors (Lipinski definition) is 2. The van der Waals surface area contributed by atoms with E-state index < -0.39 is 0 Å². The Kier molecular flexibility index (Phi) is 4.86. The van der Waals surface area contributed by atoms with E-state index in [0.29, 0.717) is 22.1 Å². The highest BCUT2D eigenvalue weighted by molar-refractivity contribution is 6.32. The second-order valence-corrected chi connectivity index (χ2v) is 5.66. The van der Waals surface area contributed by atoms with Crippen molar-refractivity contribution < 1.29 is 14.3 Å². The molecule has 1 heterocycles. The number of ether oxygens (including phenoxy) is 2. The summed E-state index contributed by atoms with van der Waals surface area (Å²) in [6.45, 7) is 2.28. The first-order chi connectivity index (χ1) is 11.6. The van der Waals surface area contributed by atoms with Gasteiger partial charge in [-0.15, -0.1) is 0 Å². The second kappa shape index (κ2) is 7.23. The van der Waals surface area contributed by atoms with E-state index in [0.717, 1.165) is 11.3 Å². The number of benzene rings is 2. The van der Waals surface area contributed by atoms with Crippen molar-refractivity contribution in [1.29, 1.82) is 0 Å². The number of hydrogen-bond acceptors (Lipinski definition) is 5. The normalized spacial score (nSPS) is 12.4. The minimum Gasteiger partial charge on any atom is -0.454 e. The summed E-state index contributed by atoms with van der Waals surface area (Å²) in [5.41, 5.74) is 5.20. The third-order valence-corrected chi connectivity index (χ3v) is 3.64. The molecule has 1 amide bonds. The third-order valence-electron chi connectivity index (χ3n) is 3.36. The van der Waals surface area contributed by atoms with Crippen molar-refractivity contribution >= 4 is 29.4 Å². The first kappa shape index (κ1) is 16.1. The molecule has 0 bridgehead atoms. The van der Waals surface area contributed by atoms with Crippen molar-refractivity contribution in [2.45, 2.75) is 6.92 Å². The molecule has 0 atom stereocenters. The largest absolute Gasteiger partial charge is 0.454 e. The summed E-state index contributed by atoms with van der Waals surface area (Å²) in [5, 5.41) is 7.38. The highest BCUT2D eigenvalue weighted by Gasteiger charge is 2.17. The Labute approximate surface area is 144 Å². The van der Waals surface area contributed by atoms with Gasteiger partial charge in [0.15, 0.2) is 11.5 Å². The molecule has 7 heteroatoms. The Morgan fingerprint density at radius 2 is 2.08 bits per heavy atom. The van der Waals surface area contributed by atoms with Gasteiger partial charge in [-0.25, -0.2) is 5.43 Å². The number of fused-ring (bicyclic) bond motifs is 1. The number of amides is 1. The Balaban J connectivity index is 1.51. The molecule has 0 saturated carbocycles. The summed E-state index contributed by atoms with van der Waals surface area (Å²) in [4.78, 5) is 11.8. The van der Waals surface area contributed by atoms with Crippen LogP contribution in [0.5, 0.6) is 11.5 Å². The van der Waals surface area contributed by atoms with Gasteiger partial charge in [-0.1, -0.05) is 29.3 Å². The van der Waals surface area contributed by atoms with E-state index in [2.05, 4.69) is 15.8 Å². The molecule has 0 spiro atoms. The molecule has 0 radical (unpaired) electrons. The smallest absolute Gasteiger partial charge is 0.259 e. The van der Waals surface area contributed by atoms with E-state index in [9.17, 15) is 4.79 Å². The molecule has 1 aliphatic heterocycles. The molecule has 0 aliphatic carbocycles. The maximum absolute atomic E-state index is 11.8. The lowest BCUT2D eigenvalue weighted by Gasteiger charge is -2.05. The number of nitrogens with one attached hydrogen (secondary N) is 2. The van der Waals surface area contributed by atoms with E-state index in [-0.39, 0.29) is 19.2 Å². The minimum atomic E-state index is -0.251. The van der Waals surface area contributed by atoms with Crippen LogP contribution in [-0.2, 0) is 4.79 Å². The van der Waals surface area contributed by atoms with Crippen LogP contribution in [0.15, 0.2) is 41.5 Å². The summed E-state index contributed by atoms with van der Waals surface area (Å²) in [6.07, 6.45) is 1.50. The zero-order valence-corrected chi connectivity index (χ0v) is 13.8. The molecular weight excluding hydrogens is 330 g/mol. The topological polar surface area (TPSA) is 72.0 Å². The van der Waals surface area contributed by atoms with Crippen LogP contribution in [0.3, 0.4) is 0 Å². The predicted octanol–water partition coefficient (Wildman–Crippen LogP) is 2.94. The first-order valence-corrected chi connectivity index (χ1v) is 7.71. The quantitative estimate of drug-likeness (QED) is 0.645. The molecule has 1 aliphatic rings. The van der Waals surface area contributed by atoms with Crippen LogP contribution in [0.25, 0.3) is 0 Å². The summed E-state index contributed by atoms with van der Waals surface area (Å²) < 4.78 is 10.5. The molecule has 124 valence electrons. The summed E-state index contributed by atoms with van der Waals surface area (Å²) in [7, 11) is 0. The van der Waals surface area contributed by atoms with E-state index in [4.69, 9.17) is 21.1 Å². The monoisotopic (exact) mass is 345 g/mol. The standard InChI is InChI=1S/C17H16ClN3O3/c1-11-2-4-13(5-3-11)19-9-16(22)21-20-8-12-6-14(18)17-15(7-12)23-10-24-17/h2-8,19H,9-10H2,1H3,(H,21,22)/b20-8-. The molecule has 3 rings (SSSR count). The van der Waals surface area contributed by atoms with E-state index in [1.54, 1.807) is 12.1 Å². The molecule has 24 heavy (non-hydrogen) atoms. The molecule has 2 aromatic rings. The fraction of sp³-hybridized carbons (Fsp3) is 0.176. The SMILES string of the molecule is Cc1ccc(NCC(=O)N/N=C\c2cc(Cl)c3c(c2)OCO3)cc1. The average molecular weight is 346 g/mol. The second-order valence-electron chi connectivity index (χ2n) is 5.25. The lowest BCUT2D eigenvalue weighted by atomic mass is 10.2. The summed E-state index contributed by atoms with van der Waals surface area (Å²) in [6, 6.07) is 11.2. The number of carbonyl (C=O) groups excluding carboxylic acids is 1. The van der Waals surface area contributed by atoms with Crippen LogP contribution < -0.4 is 20.2 Å². The Hall–Kier alpha value is -2.73. The maximum atomic E-state index is 11.8. The van der Waals surface area contributed by atoms with Gasteiger partial charge in [0.2, 0.25) is 6.79 Å². The zero-order chi connectivity index (χ0) is 16.9. The highest BCUT2D eigenvalue weighted by Crippen LogP contribution is 2.39. The maximum Gasteiger partial charge on any atom is 0.259 e. The molecule has 6 nitrogen and oxygen atoms in total. The predicted molar refractivity (Wildman–Crippen MR) is 93.0 cm³/mol. The number of carbonyl (C=O) groups is 1. The lowest BCUT2D eigenvalue weighted by molar-refractivity contribution is -0.119. The lowest BCUT2D eigenvalue weighted by Crippen LogP contribution is -2.25. The zero-order valence-electron chi connectivity index (χ0n) is 13.0. The van der Waals surface area contributed by atoms with E-state index in [1.165, 1.54) is 6.21 Å². The van der Waals surface area contributed by atoms with E-state index in [1.807, 2.05) is 31.2 Å². The molecular formula is C17H16ClN3O3. The third kappa shape index (κ3) is 3.97. The van der Waals surface area contributed by atoms with Crippen LogP contribution in [0.2, 0.25) is 5.02 Å². The molecule has 0 unspecified atom stereocenters. The van der Waals surface area contributed by atoms with Gasteiger partial charge in [0.25, 0.3) is 5.91 Å². The van der Waals surface area contributed by atoms with Crippen LogP contribution in [0, 0.1) is 6.92 Å². The van der Waals surface area contributed by atoms with Gasteiger partial charge in [0, 0.05) is 5.69 Å². The molecule has 2 aromatic carbocycles. The van der Waals surface area contributed by atoms with Crippen molar-refractivity contribution in [3.05, 3.63) is 52.5 Å². The fourth-order valence-electron chi connectivity index (χ4n) is 2.13. The molecule has 0 fully saturated rings. The Morgan fingerprint density at radius 3 is 2.88 bits per heavy atom. The van der Waals surface area contributed by atoms with Crippen molar-refractivity contribution in [2.75, 3.05) is 18.7 Å². The van der Waals surface area contributed by atoms with Crippen molar-refractivity contribution in [3.8, 4) is 11.5 Å². The molecule has 2 N–H and O–H groups in total. The van der Waals surface area contributed by atoms with Crippen molar-refractivity contribution in [1.82, 2.24) is 5.43 Å². The van der Waals surface area contributed by atoms with Crippen LogP contribution in [0.1, 0.15) is 11.1 Å². The summed E-state index contributed by atoms with van der Waals surface area (Å²) >= 11 is 6.08. The van der Waals surface area contributed by atoms with Gasteiger partial charge in [0.05, 0.1) is 17.8 Å². The number of rotatable bonds is 5. The number of anilines is 1. The number of nitrogens with zero attached hydrogens (tertiary/aromatic N) is 1. The summed E-state index contributed by atoms with van der Waals surface area (Å²) in [5.74, 6) is 0.843. The van der Waals surface area contributed by atoms with Crippen LogP contribution in [0.4, 0.5) is 5.69 Å². The van der Waals surface area contributed by atoms with Gasteiger partial charge in [-0.05, 0) is 36.8 Å². The van der Waals surface area contributed by atoms with Gasteiger partial charge < -0.3 is 14.8 Å². The number of halogens is 1. The molecule has 0 saturated heterocycles. The van der Waals surface area contributed by atoms with Crippen molar-refractivity contribution in [3.63, 3.8) is 0 Å². The fourth-order valence-corrected chi connectivity index (χ4v) is 2.41. The van der Waals surface area contributed by atoms with E-state index >= 15 is 0 Å². The van der Waals surface area contributed by atoms with Crippen LogP contribution in [-0.4, -0.2) is 25.5 Å². The molecule has 0 aromatic heterocycles. The van der Waals surface area contributed by atoms with Gasteiger partial charge in [-0.2, -0.15) is 5.10 Å². The Bertz CT molecular complexity index is 775. The number of aryl methyl sites for hydroxylation is 1. The van der Waals surface area contributed by atoms with Crippen LogP contribution >= 0.6 is 11.6 Å².